The van der Waals surface area contributed by atoms with Crippen LogP contribution in [0.25, 0.3) is 33.5 Å². The Morgan fingerprint density at radius 2 is 1.49 bits per heavy atom. The molecule has 0 spiro atoms. The van der Waals surface area contributed by atoms with Crippen molar-refractivity contribution < 1.29 is 13.6 Å². The van der Waals surface area contributed by atoms with E-state index in [1.54, 1.807) is 12.1 Å². The van der Waals surface area contributed by atoms with Crippen LogP contribution in [0.4, 0.5) is 4.39 Å². The lowest BCUT2D eigenvalue weighted by molar-refractivity contribution is 0.0955. The van der Waals surface area contributed by atoms with E-state index in [4.69, 9.17) is 9.40 Å². The van der Waals surface area contributed by atoms with E-state index < -0.39 is 17.2 Å². The predicted molar refractivity (Wildman–Crippen MR) is 142 cm³/mol. The maximum atomic E-state index is 13.6. The monoisotopic (exact) mass is 491 g/mol. The second-order valence-electron chi connectivity index (χ2n) is 8.72. The highest BCUT2D eigenvalue weighted by Crippen LogP contribution is 2.25. The molecule has 0 unspecified atom stereocenters. The van der Waals surface area contributed by atoms with Gasteiger partial charge in [-0.25, -0.2) is 14.8 Å². The van der Waals surface area contributed by atoms with Gasteiger partial charge in [0, 0.05) is 16.7 Å². The number of nitrogens with one attached hydrogen (secondary N) is 1. The summed E-state index contributed by atoms with van der Waals surface area (Å²) in [5, 5.41) is 4.03. The van der Waals surface area contributed by atoms with Crippen LogP contribution in [0.5, 0.6) is 0 Å². The Balaban J connectivity index is 1.46. The molecule has 0 aliphatic heterocycles. The minimum Gasteiger partial charge on any atom is -0.463 e. The summed E-state index contributed by atoms with van der Waals surface area (Å²) in [6, 6.07) is 22.9. The van der Waals surface area contributed by atoms with Crippen LogP contribution in [-0.4, -0.2) is 17.1 Å². The third-order valence-corrected chi connectivity index (χ3v) is 5.91. The molecular weight excluding hydrogens is 469 g/mol. The summed E-state index contributed by atoms with van der Waals surface area (Å²) in [4.78, 5) is 30.5. The van der Waals surface area contributed by atoms with E-state index in [9.17, 15) is 14.0 Å². The minimum atomic E-state index is -0.548. The summed E-state index contributed by atoms with van der Waals surface area (Å²) < 4.78 is 19.0. The lowest BCUT2D eigenvalue weighted by Crippen LogP contribution is -2.19. The maximum Gasteiger partial charge on any atom is 0.271 e. The van der Waals surface area contributed by atoms with Crippen LogP contribution in [0.1, 0.15) is 27.0 Å². The summed E-state index contributed by atoms with van der Waals surface area (Å²) in [6.45, 7) is 4.01. The molecule has 0 atom stereocenters. The number of aromatic nitrogens is 1. The lowest BCUT2D eigenvalue weighted by Gasteiger charge is -2.10. The fraction of sp³-hybridized carbons (Fsp3) is 0.0667. The molecule has 7 heteroatoms. The van der Waals surface area contributed by atoms with Gasteiger partial charge in [-0.1, -0.05) is 59.7 Å². The van der Waals surface area contributed by atoms with Crippen molar-refractivity contribution in [3.63, 3.8) is 0 Å². The molecule has 182 valence electrons. The van der Waals surface area contributed by atoms with Gasteiger partial charge in [0.2, 0.25) is 5.43 Å². The molecule has 5 aromatic rings. The summed E-state index contributed by atoms with van der Waals surface area (Å²) >= 11 is 0. The minimum absolute atomic E-state index is 0.0776. The van der Waals surface area contributed by atoms with Gasteiger partial charge in [0.1, 0.15) is 17.7 Å². The van der Waals surface area contributed by atoms with Crippen LogP contribution in [0.15, 0.2) is 99.4 Å². The molecule has 3 aromatic carbocycles. The van der Waals surface area contributed by atoms with Gasteiger partial charge in [0.05, 0.1) is 28.6 Å². The molecule has 0 saturated heterocycles. The van der Waals surface area contributed by atoms with Crippen molar-refractivity contribution in [2.75, 3.05) is 0 Å². The number of hydrazone groups is 1. The summed E-state index contributed by atoms with van der Waals surface area (Å²) in [5.74, 6) is -1.02. The third-order valence-electron chi connectivity index (χ3n) is 5.91. The average Bonchev–Trinajstić information content (AvgIpc) is 2.91. The van der Waals surface area contributed by atoms with Gasteiger partial charge in [-0.15, -0.1) is 0 Å². The van der Waals surface area contributed by atoms with Crippen LogP contribution >= 0.6 is 0 Å². The molecule has 0 fully saturated rings. The van der Waals surface area contributed by atoms with E-state index >= 15 is 0 Å². The van der Waals surface area contributed by atoms with Gasteiger partial charge in [0.25, 0.3) is 5.91 Å². The summed E-state index contributed by atoms with van der Waals surface area (Å²) in [7, 11) is 0. The Hall–Kier alpha value is -4.91. The highest BCUT2D eigenvalue weighted by atomic mass is 19.1. The van der Waals surface area contributed by atoms with E-state index in [1.165, 1.54) is 24.6 Å². The van der Waals surface area contributed by atoms with Gasteiger partial charge < -0.3 is 4.42 Å². The molecule has 0 aliphatic rings. The molecule has 2 aromatic heterocycles. The van der Waals surface area contributed by atoms with E-state index in [2.05, 4.69) is 10.5 Å². The number of fused-ring (bicyclic) bond motifs is 1. The molecule has 0 saturated carbocycles. The number of carbonyl (C=O) groups excluding carboxylic acids is 1. The van der Waals surface area contributed by atoms with Gasteiger partial charge in [-0.3, -0.25) is 9.59 Å². The summed E-state index contributed by atoms with van der Waals surface area (Å²) in [6.07, 6.45) is 2.40. The van der Waals surface area contributed by atoms with E-state index in [1.807, 2.05) is 62.4 Å². The first-order valence-electron chi connectivity index (χ1n) is 11.6. The predicted octanol–water partition coefficient (Wildman–Crippen LogP) is 6.04. The first-order valence-corrected chi connectivity index (χ1v) is 11.6. The maximum absolute atomic E-state index is 13.6. The molecule has 2 heterocycles. The fourth-order valence-corrected chi connectivity index (χ4v) is 3.84. The quantitative estimate of drug-likeness (QED) is 0.240. The molecule has 5 rings (SSSR count). The Kier molecular flexibility index (Phi) is 6.43. The Labute approximate surface area is 212 Å². The van der Waals surface area contributed by atoms with Crippen LogP contribution in [0, 0.1) is 19.7 Å². The SMILES string of the molecule is Cc1ccc(-c2cc(C(=O)N/N=C/c3coc4ccc(F)cc4c3=O)cc(-c3ccc(C)cc3)n2)cc1. The first-order chi connectivity index (χ1) is 17.9. The second-order valence-corrected chi connectivity index (χ2v) is 8.72. The van der Waals surface area contributed by atoms with Crippen molar-refractivity contribution in [3.8, 4) is 22.5 Å². The third kappa shape index (κ3) is 5.21. The highest BCUT2D eigenvalue weighted by Gasteiger charge is 2.13. The second kappa shape index (κ2) is 9.99. The number of amides is 1. The van der Waals surface area contributed by atoms with Gasteiger partial charge in [0.15, 0.2) is 0 Å². The molecule has 37 heavy (non-hydrogen) atoms. The molecule has 0 aliphatic carbocycles. The van der Waals surface area contributed by atoms with Gasteiger partial charge >= 0.3 is 0 Å². The molecule has 0 bridgehead atoms. The number of pyridine rings is 1. The highest BCUT2D eigenvalue weighted by molar-refractivity contribution is 5.97. The molecule has 1 amide bonds. The van der Waals surface area contributed by atoms with E-state index in [-0.39, 0.29) is 16.5 Å². The Bertz CT molecular complexity index is 1640. The van der Waals surface area contributed by atoms with Crippen LogP contribution in [-0.2, 0) is 0 Å². The molecule has 0 radical (unpaired) electrons. The number of halogens is 1. The molecule has 1 N–H and O–H groups in total. The zero-order chi connectivity index (χ0) is 25.9. The fourth-order valence-electron chi connectivity index (χ4n) is 3.84. The number of rotatable bonds is 5. The summed E-state index contributed by atoms with van der Waals surface area (Å²) in [5.41, 5.74) is 7.96. The smallest absolute Gasteiger partial charge is 0.271 e. The van der Waals surface area contributed by atoms with Crippen molar-refractivity contribution in [1.82, 2.24) is 10.4 Å². The van der Waals surface area contributed by atoms with E-state index in [0.717, 1.165) is 28.3 Å². The number of hydrogen-bond donors (Lipinski definition) is 1. The van der Waals surface area contributed by atoms with Crippen LogP contribution < -0.4 is 10.9 Å². The number of carbonyl (C=O) groups is 1. The topological polar surface area (TPSA) is 84.6 Å². The Morgan fingerprint density at radius 3 is 2.08 bits per heavy atom. The first kappa shape index (κ1) is 23.8. The Morgan fingerprint density at radius 1 is 0.892 bits per heavy atom. The average molecular weight is 492 g/mol. The van der Waals surface area contributed by atoms with Crippen molar-refractivity contribution in [3.05, 3.63) is 123 Å². The molecular formula is C30H22FN3O3. The van der Waals surface area contributed by atoms with E-state index in [0.29, 0.717) is 17.0 Å². The van der Waals surface area contributed by atoms with Gasteiger partial charge in [-0.05, 0) is 44.2 Å². The number of aryl methyl sites for hydroxylation is 2. The lowest BCUT2D eigenvalue weighted by atomic mass is 10.0. The van der Waals surface area contributed by atoms with Crippen molar-refractivity contribution in [2.45, 2.75) is 13.8 Å². The number of nitrogens with zero attached hydrogens (tertiary/aromatic N) is 2. The van der Waals surface area contributed by atoms with Crippen molar-refractivity contribution >= 4 is 23.1 Å². The van der Waals surface area contributed by atoms with Crippen LogP contribution in [0.2, 0.25) is 0 Å². The standard InChI is InChI=1S/C30H22FN3O3/c1-18-3-7-20(8-4-18)26-13-22(14-27(33-26)21-9-5-19(2)6-10-21)30(36)34-32-16-23-17-37-28-12-11-24(31)15-25(28)29(23)35/h3-17H,1-2H3,(H,34,36)/b32-16+. The normalized spacial score (nSPS) is 11.2. The number of hydrogen-bond acceptors (Lipinski definition) is 5. The number of benzene rings is 3. The zero-order valence-electron chi connectivity index (χ0n) is 20.2. The van der Waals surface area contributed by atoms with Crippen molar-refractivity contribution in [1.29, 1.82) is 0 Å². The molecule has 6 nitrogen and oxygen atoms in total. The largest absolute Gasteiger partial charge is 0.463 e. The van der Waals surface area contributed by atoms with Gasteiger partial charge in [-0.2, -0.15) is 5.10 Å². The zero-order valence-corrected chi connectivity index (χ0v) is 20.2. The van der Waals surface area contributed by atoms with Crippen LogP contribution in [0.3, 0.4) is 0 Å². The van der Waals surface area contributed by atoms with Crippen molar-refractivity contribution in [2.24, 2.45) is 5.10 Å².